The van der Waals surface area contributed by atoms with E-state index in [1.807, 2.05) is 29.3 Å². The molecule has 0 aliphatic carbocycles. The van der Waals surface area contributed by atoms with Gasteiger partial charge in [0.25, 0.3) is 0 Å². The Labute approximate surface area is 207 Å². The third-order valence-corrected chi connectivity index (χ3v) is 6.74. The SMILES string of the molecule is COCC1=CC(c2ccc(F)c(C)c2)=NC1CCCC(=O)N1CCN(C2=CC=CC(C)C=N2)CC1. The van der Waals surface area contributed by atoms with Crippen LogP contribution >= 0.6 is 0 Å². The van der Waals surface area contributed by atoms with Gasteiger partial charge in [0.05, 0.1) is 18.4 Å². The van der Waals surface area contributed by atoms with Crippen molar-refractivity contribution in [1.82, 2.24) is 9.80 Å². The van der Waals surface area contributed by atoms with E-state index in [1.165, 1.54) is 6.07 Å². The topological polar surface area (TPSA) is 57.5 Å². The first-order chi connectivity index (χ1) is 16.9. The van der Waals surface area contributed by atoms with Gasteiger partial charge in [-0.25, -0.2) is 9.38 Å². The van der Waals surface area contributed by atoms with Crippen LogP contribution in [-0.4, -0.2) is 73.6 Å². The highest BCUT2D eigenvalue weighted by Gasteiger charge is 2.25. The molecule has 3 aliphatic rings. The molecule has 1 saturated heterocycles. The summed E-state index contributed by atoms with van der Waals surface area (Å²) in [6.45, 7) is 7.40. The van der Waals surface area contributed by atoms with Crippen LogP contribution in [0.3, 0.4) is 0 Å². The molecule has 1 aromatic carbocycles. The maximum absolute atomic E-state index is 13.7. The molecule has 2 atom stereocenters. The summed E-state index contributed by atoms with van der Waals surface area (Å²) >= 11 is 0. The normalized spacial score (nSPS) is 22.1. The predicted molar refractivity (Wildman–Crippen MR) is 138 cm³/mol. The molecule has 0 spiro atoms. The molecule has 1 aromatic rings. The van der Waals surface area contributed by atoms with Crippen LogP contribution in [0.25, 0.3) is 0 Å². The molecule has 3 heterocycles. The van der Waals surface area contributed by atoms with E-state index in [-0.39, 0.29) is 17.8 Å². The molecule has 2 unspecified atom stereocenters. The standard InChI is InChI=1S/C28H35FN4O2/c1-20-6-4-8-27(30-18-20)32-12-14-33(15-13-32)28(34)9-5-7-25-23(19-35-3)17-26(31-25)22-10-11-24(29)21(2)16-22/h4,6,8,10-11,16-18,20,25H,5,7,9,12-15,19H2,1-3H3. The van der Waals surface area contributed by atoms with Gasteiger partial charge in [0.2, 0.25) is 5.91 Å². The molecule has 3 aliphatic heterocycles. The van der Waals surface area contributed by atoms with Gasteiger partial charge >= 0.3 is 0 Å². The van der Waals surface area contributed by atoms with E-state index >= 15 is 0 Å². The molecule has 0 radical (unpaired) electrons. The van der Waals surface area contributed by atoms with Crippen LogP contribution < -0.4 is 0 Å². The molecule has 1 amide bonds. The Bertz CT molecular complexity index is 1080. The fourth-order valence-electron chi connectivity index (χ4n) is 4.66. The second kappa shape index (κ2) is 11.6. The van der Waals surface area contributed by atoms with Crippen molar-refractivity contribution in [3.05, 3.63) is 70.8 Å². The monoisotopic (exact) mass is 478 g/mol. The Kier molecular flexibility index (Phi) is 8.29. The maximum atomic E-state index is 13.7. The number of amides is 1. The number of aryl methyl sites for hydroxylation is 1. The molecular weight excluding hydrogens is 443 g/mol. The third-order valence-electron chi connectivity index (χ3n) is 6.74. The van der Waals surface area contributed by atoms with E-state index in [0.29, 0.717) is 24.5 Å². The lowest BCUT2D eigenvalue weighted by Crippen LogP contribution is -2.48. The molecule has 0 saturated carbocycles. The highest BCUT2D eigenvalue weighted by atomic mass is 19.1. The van der Waals surface area contributed by atoms with Gasteiger partial charge in [-0.1, -0.05) is 19.1 Å². The average Bonchev–Trinajstić information content (AvgIpc) is 3.12. The largest absolute Gasteiger partial charge is 0.380 e. The minimum atomic E-state index is -0.213. The summed E-state index contributed by atoms with van der Waals surface area (Å²) in [6.07, 6.45) is 12.3. The van der Waals surface area contributed by atoms with Gasteiger partial charge < -0.3 is 14.5 Å². The molecule has 0 aromatic heterocycles. The highest BCUT2D eigenvalue weighted by Crippen LogP contribution is 2.25. The zero-order chi connectivity index (χ0) is 24.8. The van der Waals surface area contributed by atoms with Crippen molar-refractivity contribution in [2.75, 3.05) is 39.9 Å². The number of rotatable bonds is 8. The third kappa shape index (κ3) is 6.34. The summed E-state index contributed by atoms with van der Waals surface area (Å²) in [6, 6.07) is 5.07. The quantitative estimate of drug-likeness (QED) is 0.560. The molecular formula is C28H35FN4O2. The van der Waals surface area contributed by atoms with Crippen molar-refractivity contribution in [2.24, 2.45) is 15.9 Å². The van der Waals surface area contributed by atoms with Crippen molar-refractivity contribution in [1.29, 1.82) is 0 Å². The number of aliphatic imine (C=N–C) groups is 2. The predicted octanol–water partition coefficient (Wildman–Crippen LogP) is 4.31. The van der Waals surface area contributed by atoms with Crippen LogP contribution in [-0.2, 0) is 9.53 Å². The lowest BCUT2D eigenvalue weighted by molar-refractivity contribution is -0.132. The number of hydrogen-bond donors (Lipinski definition) is 0. The minimum Gasteiger partial charge on any atom is -0.380 e. The summed E-state index contributed by atoms with van der Waals surface area (Å²) in [5.41, 5.74) is 3.47. The number of ether oxygens (including phenoxy) is 1. The van der Waals surface area contributed by atoms with E-state index in [4.69, 9.17) is 9.73 Å². The number of carbonyl (C=O) groups excluding carboxylic acids is 1. The molecule has 0 N–H and O–H groups in total. The number of piperazine rings is 1. The first kappa shape index (κ1) is 25.0. The van der Waals surface area contributed by atoms with Gasteiger partial charge in [0, 0.05) is 57.4 Å². The van der Waals surface area contributed by atoms with Crippen molar-refractivity contribution in [3.8, 4) is 0 Å². The van der Waals surface area contributed by atoms with E-state index in [9.17, 15) is 9.18 Å². The number of methoxy groups -OCH3 is 1. The summed E-state index contributed by atoms with van der Waals surface area (Å²) in [4.78, 5) is 26.5. The summed E-state index contributed by atoms with van der Waals surface area (Å²) in [5.74, 6) is 1.30. The summed E-state index contributed by atoms with van der Waals surface area (Å²) < 4.78 is 19.1. The first-order valence-electron chi connectivity index (χ1n) is 12.4. The van der Waals surface area contributed by atoms with E-state index < -0.39 is 0 Å². The van der Waals surface area contributed by atoms with Gasteiger partial charge in [-0.3, -0.25) is 9.79 Å². The van der Waals surface area contributed by atoms with Gasteiger partial charge in [0.1, 0.15) is 11.6 Å². The summed E-state index contributed by atoms with van der Waals surface area (Å²) in [5, 5.41) is 0. The van der Waals surface area contributed by atoms with Crippen LogP contribution in [0.4, 0.5) is 4.39 Å². The fourth-order valence-corrected chi connectivity index (χ4v) is 4.66. The van der Waals surface area contributed by atoms with Gasteiger partial charge in [-0.2, -0.15) is 0 Å². The van der Waals surface area contributed by atoms with Crippen molar-refractivity contribution >= 4 is 17.8 Å². The Morgan fingerprint density at radius 1 is 1.23 bits per heavy atom. The summed E-state index contributed by atoms with van der Waals surface area (Å²) in [7, 11) is 1.67. The fraction of sp³-hybridized carbons (Fsp3) is 0.464. The van der Waals surface area contributed by atoms with Crippen LogP contribution in [0.15, 0.2) is 63.9 Å². The Morgan fingerprint density at radius 2 is 2.03 bits per heavy atom. The molecule has 4 rings (SSSR count). The second-order valence-electron chi connectivity index (χ2n) is 9.45. The Balaban J connectivity index is 1.28. The van der Waals surface area contributed by atoms with Gasteiger partial charge in [0.15, 0.2) is 0 Å². The van der Waals surface area contributed by atoms with E-state index in [0.717, 1.165) is 61.7 Å². The van der Waals surface area contributed by atoms with Crippen LogP contribution in [0.2, 0.25) is 0 Å². The number of benzene rings is 1. The first-order valence-corrected chi connectivity index (χ1v) is 12.4. The van der Waals surface area contributed by atoms with Gasteiger partial charge in [-0.05, 0) is 61.3 Å². The van der Waals surface area contributed by atoms with Crippen LogP contribution in [0, 0.1) is 18.7 Å². The minimum absolute atomic E-state index is 0.00422. The molecule has 35 heavy (non-hydrogen) atoms. The Morgan fingerprint density at radius 3 is 2.77 bits per heavy atom. The number of hydrogen-bond acceptors (Lipinski definition) is 5. The zero-order valence-electron chi connectivity index (χ0n) is 20.9. The maximum Gasteiger partial charge on any atom is 0.222 e. The zero-order valence-corrected chi connectivity index (χ0v) is 20.9. The lowest BCUT2D eigenvalue weighted by atomic mass is 10.0. The lowest BCUT2D eigenvalue weighted by Gasteiger charge is -2.36. The van der Waals surface area contributed by atoms with Crippen molar-refractivity contribution in [3.63, 3.8) is 0 Å². The molecule has 186 valence electrons. The molecule has 1 fully saturated rings. The number of halogens is 1. The number of nitrogens with zero attached hydrogens (tertiary/aromatic N) is 4. The van der Waals surface area contributed by atoms with Crippen LogP contribution in [0.5, 0.6) is 0 Å². The highest BCUT2D eigenvalue weighted by molar-refractivity contribution is 6.10. The number of carbonyl (C=O) groups is 1. The van der Waals surface area contributed by atoms with E-state index in [2.05, 4.69) is 29.0 Å². The van der Waals surface area contributed by atoms with Crippen molar-refractivity contribution < 1.29 is 13.9 Å². The van der Waals surface area contributed by atoms with Crippen LogP contribution in [0.1, 0.15) is 37.3 Å². The van der Waals surface area contributed by atoms with E-state index in [1.54, 1.807) is 20.1 Å². The smallest absolute Gasteiger partial charge is 0.222 e. The molecule has 0 bridgehead atoms. The Hall–Kier alpha value is -3.06. The molecule has 6 nitrogen and oxygen atoms in total. The second-order valence-corrected chi connectivity index (χ2v) is 9.45. The number of allylic oxidation sites excluding steroid dienone is 4. The molecule has 7 heteroatoms. The van der Waals surface area contributed by atoms with Crippen molar-refractivity contribution in [2.45, 2.75) is 39.2 Å². The average molecular weight is 479 g/mol. The van der Waals surface area contributed by atoms with Gasteiger partial charge in [-0.15, -0.1) is 0 Å².